The number of carbonyl (C=O) groups is 2. The fraction of sp³-hybridized carbons (Fsp3) is 0.429. The number of rotatable bonds is 6. The maximum atomic E-state index is 12.1. The van der Waals surface area contributed by atoms with Crippen molar-refractivity contribution in [3.63, 3.8) is 0 Å². The first-order valence-corrected chi connectivity index (χ1v) is 6.19. The molecule has 0 fully saturated rings. The molecule has 0 aromatic heterocycles. The van der Waals surface area contributed by atoms with Crippen molar-refractivity contribution in [2.45, 2.75) is 33.2 Å². The molecule has 0 radical (unpaired) electrons. The minimum atomic E-state index is -1.09. The molecule has 0 bridgehead atoms. The molecule has 0 aliphatic heterocycles. The van der Waals surface area contributed by atoms with Gasteiger partial charge in [-0.2, -0.15) is 0 Å². The molecule has 0 spiro atoms. The van der Waals surface area contributed by atoms with E-state index in [1.165, 1.54) is 0 Å². The van der Waals surface area contributed by atoms with E-state index in [-0.39, 0.29) is 5.91 Å². The highest BCUT2D eigenvalue weighted by molar-refractivity contribution is 6.04. The van der Waals surface area contributed by atoms with Gasteiger partial charge in [-0.3, -0.25) is 9.59 Å². The molecule has 0 aliphatic rings. The van der Waals surface area contributed by atoms with Crippen molar-refractivity contribution in [1.29, 1.82) is 0 Å². The minimum Gasteiger partial charge on any atom is -0.369 e. The monoisotopic (exact) mass is 248 g/mol. The molecule has 1 aromatic rings. The molecule has 1 rings (SSSR count). The van der Waals surface area contributed by atoms with Crippen LogP contribution in [0.3, 0.4) is 0 Å². The van der Waals surface area contributed by atoms with Crippen LogP contribution in [0.4, 0.5) is 0 Å². The molecular formula is C14H20N2O2. The standard InChI is InChI=1S/C14H20N2O2/c1-3-14(4-2,12(15)17)13(18)16-10-11-8-6-5-7-9-11/h5-9H,3-4,10H2,1-2H3,(H2,15,17)(H,16,18). The second-order valence-corrected chi connectivity index (χ2v) is 4.32. The minimum absolute atomic E-state index is 0.288. The van der Waals surface area contributed by atoms with Crippen molar-refractivity contribution in [3.05, 3.63) is 35.9 Å². The fourth-order valence-corrected chi connectivity index (χ4v) is 1.98. The number of primary amides is 1. The quantitative estimate of drug-likeness (QED) is 0.750. The van der Waals surface area contributed by atoms with E-state index in [1.54, 1.807) is 13.8 Å². The molecule has 0 aliphatic carbocycles. The molecular weight excluding hydrogens is 228 g/mol. The van der Waals surface area contributed by atoms with Crippen LogP contribution < -0.4 is 11.1 Å². The van der Waals surface area contributed by atoms with Crippen LogP contribution in [-0.2, 0) is 16.1 Å². The summed E-state index contributed by atoms with van der Waals surface area (Å²) in [6.45, 7) is 4.02. The Bertz CT molecular complexity index is 411. The zero-order valence-corrected chi connectivity index (χ0v) is 10.9. The third kappa shape index (κ3) is 2.88. The Morgan fingerprint density at radius 2 is 1.72 bits per heavy atom. The van der Waals surface area contributed by atoms with Gasteiger partial charge in [-0.15, -0.1) is 0 Å². The van der Waals surface area contributed by atoms with Gasteiger partial charge in [0.15, 0.2) is 0 Å². The van der Waals surface area contributed by atoms with Crippen LogP contribution >= 0.6 is 0 Å². The second kappa shape index (κ2) is 6.19. The highest BCUT2D eigenvalue weighted by Crippen LogP contribution is 2.26. The van der Waals surface area contributed by atoms with Crippen LogP contribution in [0.1, 0.15) is 32.3 Å². The van der Waals surface area contributed by atoms with E-state index in [9.17, 15) is 9.59 Å². The zero-order valence-electron chi connectivity index (χ0n) is 10.9. The van der Waals surface area contributed by atoms with E-state index in [2.05, 4.69) is 5.32 Å². The fourth-order valence-electron chi connectivity index (χ4n) is 1.98. The molecule has 0 unspecified atom stereocenters. The van der Waals surface area contributed by atoms with E-state index >= 15 is 0 Å². The third-order valence-electron chi connectivity index (χ3n) is 3.41. The van der Waals surface area contributed by atoms with Crippen molar-refractivity contribution < 1.29 is 9.59 Å². The average Bonchev–Trinajstić information content (AvgIpc) is 2.39. The Morgan fingerprint density at radius 3 is 2.17 bits per heavy atom. The number of hydrogen-bond acceptors (Lipinski definition) is 2. The lowest BCUT2D eigenvalue weighted by Crippen LogP contribution is -2.48. The summed E-state index contributed by atoms with van der Waals surface area (Å²) >= 11 is 0. The van der Waals surface area contributed by atoms with E-state index in [0.29, 0.717) is 19.4 Å². The van der Waals surface area contributed by atoms with Crippen LogP contribution in [-0.4, -0.2) is 11.8 Å². The third-order valence-corrected chi connectivity index (χ3v) is 3.41. The molecule has 4 heteroatoms. The molecule has 0 atom stereocenters. The lowest BCUT2D eigenvalue weighted by Gasteiger charge is -2.26. The summed E-state index contributed by atoms with van der Waals surface area (Å²) in [6, 6.07) is 9.57. The van der Waals surface area contributed by atoms with E-state index in [0.717, 1.165) is 5.56 Å². The van der Waals surface area contributed by atoms with Crippen molar-refractivity contribution in [1.82, 2.24) is 5.32 Å². The Balaban J connectivity index is 2.72. The largest absolute Gasteiger partial charge is 0.369 e. The maximum Gasteiger partial charge on any atom is 0.235 e. The summed E-state index contributed by atoms with van der Waals surface area (Å²) in [6.07, 6.45) is 0.832. The predicted octanol–water partition coefficient (Wildman–Crippen LogP) is 1.59. The number of nitrogens with two attached hydrogens (primary N) is 1. The van der Waals surface area contributed by atoms with Gasteiger partial charge >= 0.3 is 0 Å². The first-order chi connectivity index (χ1) is 8.56. The normalized spacial score (nSPS) is 11.0. The molecule has 1 aromatic carbocycles. The number of carbonyl (C=O) groups excluding carboxylic acids is 2. The zero-order chi connectivity index (χ0) is 13.6. The van der Waals surface area contributed by atoms with Gasteiger partial charge in [0.05, 0.1) is 0 Å². The first-order valence-electron chi connectivity index (χ1n) is 6.19. The van der Waals surface area contributed by atoms with Crippen molar-refractivity contribution in [3.8, 4) is 0 Å². The lowest BCUT2D eigenvalue weighted by atomic mass is 9.80. The molecule has 18 heavy (non-hydrogen) atoms. The van der Waals surface area contributed by atoms with Gasteiger partial charge in [-0.05, 0) is 18.4 Å². The van der Waals surface area contributed by atoms with E-state index < -0.39 is 11.3 Å². The Hall–Kier alpha value is -1.84. The highest BCUT2D eigenvalue weighted by atomic mass is 16.2. The van der Waals surface area contributed by atoms with Crippen LogP contribution in [0.15, 0.2) is 30.3 Å². The summed E-state index contributed by atoms with van der Waals surface area (Å²) < 4.78 is 0. The smallest absolute Gasteiger partial charge is 0.235 e. The van der Waals surface area contributed by atoms with Gasteiger partial charge in [0, 0.05) is 6.54 Å². The topological polar surface area (TPSA) is 72.2 Å². The van der Waals surface area contributed by atoms with E-state index in [1.807, 2.05) is 30.3 Å². The number of amides is 2. The molecule has 2 amide bonds. The van der Waals surface area contributed by atoms with Gasteiger partial charge in [-0.1, -0.05) is 44.2 Å². The SMILES string of the molecule is CCC(CC)(C(N)=O)C(=O)NCc1ccccc1. The van der Waals surface area contributed by atoms with Crippen molar-refractivity contribution in [2.24, 2.45) is 11.1 Å². The Kier molecular flexibility index (Phi) is 4.89. The van der Waals surface area contributed by atoms with Gasteiger partial charge < -0.3 is 11.1 Å². The molecule has 4 nitrogen and oxygen atoms in total. The Morgan fingerprint density at radius 1 is 1.17 bits per heavy atom. The average molecular weight is 248 g/mol. The van der Waals surface area contributed by atoms with Gasteiger partial charge in [0.2, 0.25) is 11.8 Å². The highest BCUT2D eigenvalue weighted by Gasteiger charge is 2.40. The first kappa shape index (κ1) is 14.2. The molecule has 0 saturated carbocycles. The molecule has 3 N–H and O–H groups in total. The summed E-state index contributed by atoms with van der Waals surface area (Å²) in [5.74, 6) is -0.845. The summed E-state index contributed by atoms with van der Waals surface area (Å²) in [7, 11) is 0. The molecule has 98 valence electrons. The van der Waals surface area contributed by atoms with Gasteiger partial charge in [0.25, 0.3) is 0 Å². The van der Waals surface area contributed by atoms with Gasteiger partial charge in [0.1, 0.15) is 5.41 Å². The predicted molar refractivity (Wildman–Crippen MR) is 70.5 cm³/mol. The summed E-state index contributed by atoms with van der Waals surface area (Å²) in [4.78, 5) is 23.6. The van der Waals surface area contributed by atoms with Crippen LogP contribution in [0.2, 0.25) is 0 Å². The number of hydrogen-bond donors (Lipinski definition) is 2. The van der Waals surface area contributed by atoms with E-state index in [4.69, 9.17) is 5.73 Å². The van der Waals surface area contributed by atoms with Crippen LogP contribution in [0.5, 0.6) is 0 Å². The van der Waals surface area contributed by atoms with Crippen LogP contribution in [0, 0.1) is 5.41 Å². The van der Waals surface area contributed by atoms with Gasteiger partial charge in [-0.25, -0.2) is 0 Å². The number of benzene rings is 1. The molecule has 0 heterocycles. The number of nitrogens with one attached hydrogen (secondary N) is 1. The lowest BCUT2D eigenvalue weighted by molar-refractivity contribution is -0.142. The van der Waals surface area contributed by atoms with Crippen molar-refractivity contribution >= 4 is 11.8 Å². The molecule has 0 saturated heterocycles. The van der Waals surface area contributed by atoms with Crippen LogP contribution in [0.25, 0.3) is 0 Å². The summed E-state index contributed by atoms with van der Waals surface area (Å²) in [5, 5.41) is 2.78. The Labute approximate surface area is 108 Å². The maximum absolute atomic E-state index is 12.1. The van der Waals surface area contributed by atoms with Crippen molar-refractivity contribution in [2.75, 3.05) is 0 Å². The summed E-state index contributed by atoms with van der Waals surface area (Å²) in [5.41, 5.74) is 5.27. The second-order valence-electron chi connectivity index (χ2n) is 4.32.